The van der Waals surface area contributed by atoms with E-state index in [9.17, 15) is 34.5 Å². The minimum atomic E-state index is -3.07. The maximum Gasteiger partial charge on any atom is 0.377 e. The van der Waals surface area contributed by atoms with Crippen molar-refractivity contribution >= 4 is 23.8 Å². The van der Waals surface area contributed by atoms with Crippen LogP contribution in [0.4, 0.5) is 0 Å². The van der Waals surface area contributed by atoms with Crippen LogP contribution in [0.25, 0.3) is 0 Å². The largest absolute Gasteiger partial charge is 0.480 e. The van der Waals surface area contributed by atoms with Crippen LogP contribution in [0.3, 0.4) is 0 Å². The summed E-state index contributed by atoms with van der Waals surface area (Å²) in [6.07, 6.45) is 0.939. The number of carboxylic acid groups (broad SMARTS) is 3. The Morgan fingerprint density at radius 3 is 2.14 bits per heavy atom. The van der Waals surface area contributed by atoms with Gasteiger partial charge in [0.05, 0.1) is 12.8 Å². The Labute approximate surface area is 241 Å². The molecule has 1 aromatic heterocycles. The molecule has 3 unspecified atom stereocenters. The normalized spacial score (nSPS) is 17.1. The van der Waals surface area contributed by atoms with E-state index in [1.807, 2.05) is 48.5 Å². The fraction of sp³-hybridized carbons (Fsp3) is 0.300. The van der Waals surface area contributed by atoms with Gasteiger partial charge in [-0.2, -0.15) is 0 Å². The Hall–Kier alpha value is -4.81. The molecular formula is C30H30N2O10. The van der Waals surface area contributed by atoms with Crippen molar-refractivity contribution in [3.63, 3.8) is 0 Å². The summed E-state index contributed by atoms with van der Waals surface area (Å²) in [6, 6.07) is 21.4. The average molecular weight is 579 g/mol. The molecule has 12 nitrogen and oxygen atoms in total. The summed E-state index contributed by atoms with van der Waals surface area (Å²) in [5, 5.41) is 28.4. The predicted octanol–water partition coefficient (Wildman–Crippen LogP) is 3.17. The van der Waals surface area contributed by atoms with Crippen molar-refractivity contribution in [2.24, 2.45) is 0 Å². The van der Waals surface area contributed by atoms with Crippen molar-refractivity contribution in [2.75, 3.05) is 13.2 Å². The fourth-order valence-electron chi connectivity index (χ4n) is 4.77. The molecule has 12 heteroatoms. The quantitative estimate of drug-likeness (QED) is 0.254. The minimum Gasteiger partial charge on any atom is -0.480 e. The van der Waals surface area contributed by atoms with Crippen LogP contribution >= 0.6 is 0 Å². The van der Waals surface area contributed by atoms with Gasteiger partial charge in [-0.15, -0.1) is 0 Å². The minimum absolute atomic E-state index is 0.469. The molecule has 1 amide bonds. The lowest BCUT2D eigenvalue weighted by molar-refractivity contribution is -0.218. The number of pyridine rings is 1. The van der Waals surface area contributed by atoms with Gasteiger partial charge in [0, 0.05) is 17.7 Å². The first kappa shape index (κ1) is 30.2. The maximum atomic E-state index is 13.6. The van der Waals surface area contributed by atoms with Crippen LogP contribution in [0.2, 0.25) is 0 Å². The smallest absolute Gasteiger partial charge is 0.377 e. The van der Waals surface area contributed by atoms with Crippen LogP contribution in [-0.2, 0) is 35.1 Å². The zero-order valence-electron chi connectivity index (χ0n) is 22.7. The van der Waals surface area contributed by atoms with Gasteiger partial charge in [-0.1, -0.05) is 48.5 Å². The van der Waals surface area contributed by atoms with Crippen LogP contribution in [0, 0.1) is 0 Å². The first-order valence-electron chi connectivity index (χ1n) is 13.1. The molecule has 220 valence electrons. The summed E-state index contributed by atoms with van der Waals surface area (Å²) in [4.78, 5) is 54.2. The monoisotopic (exact) mass is 578 g/mol. The predicted molar refractivity (Wildman–Crippen MR) is 146 cm³/mol. The van der Waals surface area contributed by atoms with Gasteiger partial charge in [-0.05, 0) is 49.6 Å². The number of aliphatic carboxylic acids is 3. The van der Waals surface area contributed by atoms with Crippen molar-refractivity contribution in [3.05, 3.63) is 90.3 Å². The highest BCUT2D eigenvalue weighted by Gasteiger charge is 2.58. The summed E-state index contributed by atoms with van der Waals surface area (Å²) in [6.45, 7) is 0.229. The number of aryl methyl sites for hydroxylation is 1. The van der Waals surface area contributed by atoms with E-state index in [2.05, 4.69) is 4.98 Å². The molecule has 1 aliphatic rings. The van der Waals surface area contributed by atoms with Gasteiger partial charge >= 0.3 is 23.7 Å². The number of para-hydroxylation sites is 1. The summed E-state index contributed by atoms with van der Waals surface area (Å²) >= 11 is 0. The molecule has 1 fully saturated rings. The number of carbonyl (C=O) groups is 4. The second-order valence-corrected chi connectivity index (χ2v) is 9.71. The van der Waals surface area contributed by atoms with Crippen molar-refractivity contribution in [1.82, 2.24) is 9.88 Å². The second kappa shape index (κ2) is 13.2. The number of ether oxygens (including phenoxy) is 3. The Balaban J connectivity index is 1.61. The Bertz CT molecular complexity index is 1380. The molecule has 0 radical (unpaired) electrons. The van der Waals surface area contributed by atoms with Crippen LogP contribution in [0.1, 0.15) is 30.5 Å². The summed E-state index contributed by atoms with van der Waals surface area (Å²) in [5.74, 6) is -8.56. The molecule has 0 spiro atoms. The third-order valence-electron chi connectivity index (χ3n) is 6.95. The van der Waals surface area contributed by atoms with Crippen molar-refractivity contribution in [1.29, 1.82) is 0 Å². The van der Waals surface area contributed by atoms with E-state index < -0.39 is 60.8 Å². The van der Waals surface area contributed by atoms with Crippen molar-refractivity contribution in [2.45, 2.75) is 43.6 Å². The molecule has 0 bridgehead atoms. The topological polar surface area (TPSA) is 173 Å². The van der Waals surface area contributed by atoms with E-state index in [1.54, 1.807) is 31.2 Å². The molecule has 0 saturated carbocycles. The Morgan fingerprint density at radius 2 is 1.60 bits per heavy atom. The number of rotatable bonds is 13. The van der Waals surface area contributed by atoms with E-state index in [0.717, 1.165) is 10.5 Å². The van der Waals surface area contributed by atoms with Gasteiger partial charge in [0.1, 0.15) is 18.0 Å². The molecule has 3 atom stereocenters. The Morgan fingerprint density at radius 1 is 0.952 bits per heavy atom. The van der Waals surface area contributed by atoms with Crippen LogP contribution in [-0.4, -0.2) is 80.1 Å². The summed E-state index contributed by atoms with van der Waals surface area (Å²) < 4.78 is 15.8. The number of hydrogen-bond donors (Lipinski definition) is 3. The van der Waals surface area contributed by atoms with Gasteiger partial charge in [-0.3, -0.25) is 14.6 Å². The van der Waals surface area contributed by atoms with E-state index in [1.165, 1.54) is 6.20 Å². The molecule has 4 rings (SSSR count). The molecule has 2 heterocycles. The molecule has 3 N–H and O–H groups in total. The number of hydrogen-bond acceptors (Lipinski definition) is 8. The van der Waals surface area contributed by atoms with Gasteiger partial charge in [-0.25, -0.2) is 9.59 Å². The van der Waals surface area contributed by atoms with Crippen LogP contribution in [0.5, 0.6) is 11.5 Å². The third-order valence-corrected chi connectivity index (χ3v) is 6.95. The second-order valence-electron chi connectivity index (χ2n) is 9.71. The summed E-state index contributed by atoms with van der Waals surface area (Å²) in [5.41, 5.74) is 1.59. The van der Waals surface area contributed by atoms with Gasteiger partial charge < -0.3 is 34.4 Å². The number of amides is 1. The van der Waals surface area contributed by atoms with Crippen molar-refractivity contribution in [3.8, 4) is 11.5 Å². The molecular weight excluding hydrogens is 548 g/mol. The van der Waals surface area contributed by atoms with Crippen molar-refractivity contribution < 1.29 is 48.7 Å². The van der Waals surface area contributed by atoms with Crippen LogP contribution < -0.4 is 4.74 Å². The molecule has 1 aliphatic heterocycles. The highest BCUT2D eigenvalue weighted by molar-refractivity contribution is 6.01. The first-order chi connectivity index (χ1) is 20.1. The lowest BCUT2D eigenvalue weighted by atomic mass is 9.88. The number of carbonyl (C=O) groups excluding carboxylic acids is 1. The lowest BCUT2D eigenvalue weighted by Gasteiger charge is -2.35. The van der Waals surface area contributed by atoms with Gasteiger partial charge in [0.25, 0.3) is 5.91 Å². The molecule has 2 aromatic carbocycles. The average Bonchev–Trinajstić information content (AvgIpc) is 3.45. The third kappa shape index (κ3) is 6.90. The first-order valence-corrected chi connectivity index (χ1v) is 13.1. The number of carboxylic acids is 3. The van der Waals surface area contributed by atoms with E-state index in [-0.39, 0.29) is 0 Å². The SMILES string of the molecule is CC(C(CCc1ccccc1)c1ccc(Oc2ccccc2)cn1)N(CC(=O)O)C(=O)C1COC(C(=O)O)(C(=O)O)O1. The molecule has 3 aromatic rings. The van der Waals surface area contributed by atoms with E-state index in [4.69, 9.17) is 14.2 Å². The van der Waals surface area contributed by atoms with Gasteiger partial charge in [0.15, 0.2) is 6.10 Å². The van der Waals surface area contributed by atoms with Crippen LogP contribution in [0.15, 0.2) is 79.0 Å². The molecule has 1 saturated heterocycles. The molecule has 0 aliphatic carbocycles. The van der Waals surface area contributed by atoms with E-state index in [0.29, 0.717) is 30.0 Å². The number of nitrogens with zero attached hydrogens (tertiary/aromatic N) is 2. The lowest BCUT2D eigenvalue weighted by Crippen LogP contribution is -2.52. The standard InChI is InChI=1S/C30H30N2O10/c1-19(32(17-26(33)34)27(35)25-18-40-30(42-25,28(36)37)29(38)39)23(14-12-20-8-4-2-5-9-20)24-15-13-22(16-31-24)41-21-10-6-3-7-11-21/h2-11,13,15-16,19,23,25H,12,14,17-18H2,1H3,(H,33,34)(H,36,37)(H,38,39). The number of benzene rings is 2. The fourth-order valence-corrected chi connectivity index (χ4v) is 4.77. The zero-order chi connectivity index (χ0) is 30.3. The Kier molecular flexibility index (Phi) is 9.50. The zero-order valence-corrected chi connectivity index (χ0v) is 22.7. The van der Waals surface area contributed by atoms with Gasteiger partial charge in [0.2, 0.25) is 0 Å². The maximum absolute atomic E-state index is 13.6. The summed E-state index contributed by atoms with van der Waals surface area (Å²) in [7, 11) is 0. The number of aromatic nitrogens is 1. The van der Waals surface area contributed by atoms with E-state index >= 15 is 0 Å². The molecule has 42 heavy (non-hydrogen) atoms. The highest BCUT2D eigenvalue weighted by atomic mass is 16.8. The highest BCUT2D eigenvalue weighted by Crippen LogP contribution is 2.32.